The zero-order valence-electron chi connectivity index (χ0n) is 14.9. The molecule has 1 unspecified atom stereocenters. The van der Waals surface area contributed by atoms with E-state index >= 15 is 0 Å². The summed E-state index contributed by atoms with van der Waals surface area (Å²) in [7, 11) is 1.53. The largest absolute Gasteiger partial charge is 0.454 e. The van der Waals surface area contributed by atoms with Gasteiger partial charge in [0.05, 0.1) is 17.5 Å². The fourth-order valence-corrected chi connectivity index (χ4v) is 4.29. The van der Waals surface area contributed by atoms with Crippen molar-refractivity contribution in [1.29, 1.82) is 0 Å². The summed E-state index contributed by atoms with van der Waals surface area (Å²) in [5.41, 5.74) is 1.47. The first-order valence-corrected chi connectivity index (χ1v) is 9.29. The lowest BCUT2D eigenvalue weighted by atomic mass is 10.1. The van der Waals surface area contributed by atoms with E-state index in [0.717, 1.165) is 10.3 Å². The standard InChI is InChI=1S/C20H18FNO4S/c1-11(12-6-7-15-16(8-12)26-10-25-15)22-20(23)19-13(9-24-2)18-14(21)4-3-5-17(18)27-19/h3-8,11H,9-10H2,1-2H3,(H,22,23). The Bertz CT molecular complexity index is 1020. The van der Waals surface area contributed by atoms with E-state index < -0.39 is 0 Å². The lowest BCUT2D eigenvalue weighted by Crippen LogP contribution is -2.26. The minimum atomic E-state index is -0.348. The fraction of sp³-hybridized carbons (Fsp3) is 0.250. The lowest BCUT2D eigenvalue weighted by molar-refractivity contribution is 0.0939. The summed E-state index contributed by atoms with van der Waals surface area (Å²) in [6.07, 6.45) is 0. The van der Waals surface area contributed by atoms with Gasteiger partial charge in [-0.2, -0.15) is 0 Å². The molecule has 140 valence electrons. The number of fused-ring (bicyclic) bond motifs is 2. The maximum absolute atomic E-state index is 14.3. The summed E-state index contributed by atoms with van der Waals surface area (Å²) in [4.78, 5) is 13.4. The molecule has 1 N–H and O–H groups in total. The molecule has 0 spiro atoms. The number of carbonyl (C=O) groups is 1. The van der Waals surface area contributed by atoms with Crippen LogP contribution in [0.3, 0.4) is 0 Å². The first-order chi connectivity index (χ1) is 13.1. The number of thiophene rings is 1. The molecule has 0 radical (unpaired) electrons. The van der Waals surface area contributed by atoms with E-state index in [2.05, 4.69) is 5.32 Å². The van der Waals surface area contributed by atoms with Crippen molar-refractivity contribution in [3.63, 3.8) is 0 Å². The van der Waals surface area contributed by atoms with Gasteiger partial charge in [-0.25, -0.2) is 4.39 Å². The number of hydrogen-bond acceptors (Lipinski definition) is 5. The second kappa shape index (κ2) is 7.17. The van der Waals surface area contributed by atoms with E-state index in [0.29, 0.717) is 27.3 Å². The van der Waals surface area contributed by atoms with Gasteiger partial charge in [-0.15, -0.1) is 11.3 Å². The van der Waals surface area contributed by atoms with Gasteiger partial charge in [0.2, 0.25) is 6.79 Å². The van der Waals surface area contributed by atoms with Gasteiger partial charge in [-0.1, -0.05) is 12.1 Å². The van der Waals surface area contributed by atoms with E-state index in [1.807, 2.05) is 25.1 Å². The monoisotopic (exact) mass is 387 g/mol. The highest BCUT2D eigenvalue weighted by Gasteiger charge is 2.23. The molecule has 2 heterocycles. The van der Waals surface area contributed by atoms with Crippen molar-refractivity contribution < 1.29 is 23.4 Å². The Morgan fingerprint density at radius 3 is 2.93 bits per heavy atom. The van der Waals surface area contributed by atoms with Gasteiger partial charge in [0.25, 0.3) is 5.91 Å². The van der Waals surface area contributed by atoms with Crippen LogP contribution in [-0.4, -0.2) is 19.8 Å². The molecule has 1 amide bonds. The van der Waals surface area contributed by atoms with Gasteiger partial charge in [0, 0.05) is 22.8 Å². The molecule has 0 saturated carbocycles. The van der Waals surface area contributed by atoms with Crippen molar-refractivity contribution in [3.05, 3.63) is 58.2 Å². The molecule has 1 aromatic heterocycles. The maximum atomic E-state index is 14.3. The molecule has 27 heavy (non-hydrogen) atoms. The summed E-state index contributed by atoms with van der Waals surface area (Å²) >= 11 is 1.27. The van der Waals surface area contributed by atoms with Crippen molar-refractivity contribution >= 4 is 27.3 Å². The molecule has 7 heteroatoms. The molecule has 1 aliphatic heterocycles. The lowest BCUT2D eigenvalue weighted by Gasteiger charge is -2.15. The summed E-state index contributed by atoms with van der Waals surface area (Å²) < 4.78 is 30.9. The Morgan fingerprint density at radius 2 is 2.11 bits per heavy atom. The van der Waals surface area contributed by atoms with Gasteiger partial charge in [-0.3, -0.25) is 4.79 Å². The average Bonchev–Trinajstić information content (AvgIpc) is 3.26. The Kier molecular flexibility index (Phi) is 4.72. The zero-order chi connectivity index (χ0) is 19.0. The van der Waals surface area contributed by atoms with E-state index in [4.69, 9.17) is 14.2 Å². The SMILES string of the molecule is COCc1c(C(=O)NC(C)c2ccc3c(c2)OCO3)sc2cccc(F)c12. The smallest absolute Gasteiger partial charge is 0.262 e. The summed E-state index contributed by atoms with van der Waals surface area (Å²) in [6, 6.07) is 10.2. The number of hydrogen-bond donors (Lipinski definition) is 1. The Balaban J connectivity index is 1.63. The summed E-state index contributed by atoms with van der Waals surface area (Å²) in [5, 5.41) is 3.43. The first kappa shape index (κ1) is 17.8. The Morgan fingerprint density at radius 1 is 1.30 bits per heavy atom. The minimum Gasteiger partial charge on any atom is -0.454 e. The molecule has 5 nitrogen and oxygen atoms in total. The van der Waals surface area contributed by atoms with Crippen molar-refractivity contribution in [3.8, 4) is 11.5 Å². The summed E-state index contributed by atoms with van der Waals surface area (Å²) in [5.74, 6) is 0.753. The molecular formula is C20H18FNO4S. The Hall–Kier alpha value is -2.64. The second-order valence-corrected chi connectivity index (χ2v) is 7.32. The normalized spacial score (nSPS) is 13.7. The average molecular weight is 387 g/mol. The van der Waals surface area contributed by atoms with Crippen LogP contribution in [0.4, 0.5) is 4.39 Å². The second-order valence-electron chi connectivity index (χ2n) is 6.26. The van der Waals surface area contributed by atoms with E-state index in [1.54, 1.807) is 12.1 Å². The number of amides is 1. The topological polar surface area (TPSA) is 56.8 Å². The highest BCUT2D eigenvalue weighted by molar-refractivity contribution is 7.21. The van der Waals surface area contributed by atoms with Crippen LogP contribution in [0, 0.1) is 5.82 Å². The number of carbonyl (C=O) groups excluding carboxylic acids is 1. The number of nitrogens with one attached hydrogen (secondary N) is 1. The molecule has 1 aliphatic rings. The third-order valence-electron chi connectivity index (χ3n) is 4.50. The number of methoxy groups -OCH3 is 1. The van der Waals surface area contributed by atoms with Crippen LogP contribution in [0.25, 0.3) is 10.1 Å². The molecule has 4 rings (SSSR count). The van der Waals surface area contributed by atoms with Gasteiger partial charge in [0.1, 0.15) is 5.82 Å². The van der Waals surface area contributed by atoms with Crippen LogP contribution in [-0.2, 0) is 11.3 Å². The first-order valence-electron chi connectivity index (χ1n) is 8.47. The van der Waals surface area contributed by atoms with Gasteiger partial charge in [0.15, 0.2) is 11.5 Å². The third kappa shape index (κ3) is 3.24. The molecule has 1 atom stereocenters. The van der Waals surface area contributed by atoms with Crippen molar-refractivity contribution in [2.45, 2.75) is 19.6 Å². The van der Waals surface area contributed by atoms with Crippen molar-refractivity contribution in [2.24, 2.45) is 0 Å². The van der Waals surface area contributed by atoms with Crippen LogP contribution < -0.4 is 14.8 Å². The quantitative estimate of drug-likeness (QED) is 0.705. The molecule has 0 bridgehead atoms. The molecule has 3 aromatic rings. The molecule has 0 saturated heterocycles. The van der Waals surface area contributed by atoms with Gasteiger partial charge < -0.3 is 19.5 Å². The number of halogens is 1. The minimum absolute atomic E-state index is 0.169. The van der Waals surface area contributed by atoms with Gasteiger partial charge in [-0.05, 0) is 36.8 Å². The van der Waals surface area contributed by atoms with Crippen molar-refractivity contribution in [2.75, 3.05) is 13.9 Å². The fourth-order valence-electron chi connectivity index (χ4n) is 3.16. The number of benzene rings is 2. The number of ether oxygens (including phenoxy) is 3. The summed E-state index contributed by atoms with van der Waals surface area (Å²) in [6.45, 7) is 2.26. The van der Waals surface area contributed by atoms with Crippen LogP contribution in [0.2, 0.25) is 0 Å². The predicted octanol–water partition coefficient (Wildman–Crippen LogP) is 4.41. The Labute approximate surface area is 159 Å². The highest BCUT2D eigenvalue weighted by atomic mass is 32.1. The third-order valence-corrected chi connectivity index (χ3v) is 5.70. The molecule has 2 aromatic carbocycles. The predicted molar refractivity (Wildman–Crippen MR) is 101 cm³/mol. The number of rotatable bonds is 5. The van der Waals surface area contributed by atoms with Crippen LogP contribution in [0.1, 0.15) is 33.8 Å². The van der Waals surface area contributed by atoms with E-state index in [9.17, 15) is 9.18 Å². The maximum Gasteiger partial charge on any atom is 0.262 e. The van der Waals surface area contributed by atoms with Crippen LogP contribution in [0.15, 0.2) is 36.4 Å². The van der Waals surface area contributed by atoms with Gasteiger partial charge >= 0.3 is 0 Å². The molecular weight excluding hydrogens is 369 g/mol. The van der Waals surface area contributed by atoms with E-state index in [1.165, 1.54) is 24.5 Å². The van der Waals surface area contributed by atoms with Crippen LogP contribution in [0.5, 0.6) is 11.5 Å². The van der Waals surface area contributed by atoms with E-state index in [-0.39, 0.29) is 31.2 Å². The van der Waals surface area contributed by atoms with Crippen LogP contribution >= 0.6 is 11.3 Å². The molecule has 0 fully saturated rings. The zero-order valence-corrected chi connectivity index (χ0v) is 15.7. The molecule has 0 aliphatic carbocycles. The highest BCUT2D eigenvalue weighted by Crippen LogP contribution is 2.36. The van der Waals surface area contributed by atoms with Crippen molar-refractivity contribution in [1.82, 2.24) is 5.32 Å².